The SMILES string of the molecule is COCCN(c1nccc(C#N)c1N)C1CC1. The van der Waals surface area contributed by atoms with Crippen molar-refractivity contribution < 1.29 is 4.74 Å². The predicted molar refractivity (Wildman–Crippen MR) is 65.6 cm³/mol. The third-order valence-corrected chi connectivity index (χ3v) is 2.89. The molecule has 0 spiro atoms. The monoisotopic (exact) mass is 232 g/mol. The molecule has 1 aromatic heterocycles. The van der Waals surface area contributed by atoms with Gasteiger partial charge < -0.3 is 15.4 Å². The minimum Gasteiger partial charge on any atom is -0.395 e. The zero-order valence-electron chi connectivity index (χ0n) is 9.89. The van der Waals surface area contributed by atoms with Crippen molar-refractivity contribution in [1.82, 2.24) is 4.98 Å². The van der Waals surface area contributed by atoms with Crippen LogP contribution in [-0.4, -0.2) is 31.3 Å². The Morgan fingerprint density at radius 1 is 1.65 bits per heavy atom. The van der Waals surface area contributed by atoms with Gasteiger partial charge in [-0.3, -0.25) is 0 Å². The van der Waals surface area contributed by atoms with Crippen LogP contribution < -0.4 is 10.6 Å². The number of nitrogen functional groups attached to an aromatic ring is 1. The Morgan fingerprint density at radius 3 is 3.00 bits per heavy atom. The summed E-state index contributed by atoms with van der Waals surface area (Å²) < 4.78 is 5.09. The molecule has 90 valence electrons. The molecule has 1 heterocycles. The zero-order valence-corrected chi connectivity index (χ0v) is 9.89. The second kappa shape index (κ2) is 5.02. The average molecular weight is 232 g/mol. The van der Waals surface area contributed by atoms with Gasteiger partial charge in [-0.1, -0.05) is 0 Å². The highest BCUT2D eigenvalue weighted by Crippen LogP contribution is 2.34. The van der Waals surface area contributed by atoms with E-state index >= 15 is 0 Å². The fraction of sp³-hybridized carbons (Fsp3) is 0.500. The molecule has 1 saturated carbocycles. The van der Waals surface area contributed by atoms with Crippen LogP contribution in [0.1, 0.15) is 18.4 Å². The third kappa shape index (κ3) is 2.48. The van der Waals surface area contributed by atoms with Gasteiger partial charge in [0.25, 0.3) is 0 Å². The quantitative estimate of drug-likeness (QED) is 0.824. The summed E-state index contributed by atoms with van der Waals surface area (Å²) >= 11 is 0. The van der Waals surface area contributed by atoms with Gasteiger partial charge in [-0.2, -0.15) is 5.26 Å². The summed E-state index contributed by atoms with van der Waals surface area (Å²) in [6.07, 6.45) is 3.94. The van der Waals surface area contributed by atoms with E-state index in [-0.39, 0.29) is 0 Å². The van der Waals surface area contributed by atoms with Crippen molar-refractivity contribution in [3.05, 3.63) is 17.8 Å². The van der Waals surface area contributed by atoms with E-state index in [1.165, 1.54) is 0 Å². The maximum absolute atomic E-state index is 8.95. The van der Waals surface area contributed by atoms with E-state index in [0.717, 1.165) is 19.4 Å². The van der Waals surface area contributed by atoms with E-state index in [1.54, 1.807) is 19.4 Å². The first-order valence-electron chi connectivity index (χ1n) is 5.68. The number of aromatic nitrogens is 1. The number of rotatable bonds is 5. The Balaban J connectivity index is 2.26. The first-order valence-corrected chi connectivity index (χ1v) is 5.68. The van der Waals surface area contributed by atoms with Crippen molar-refractivity contribution in [3.8, 4) is 6.07 Å². The van der Waals surface area contributed by atoms with Crippen LogP contribution >= 0.6 is 0 Å². The lowest BCUT2D eigenvalue weighted by molar-refractivity contribution is 0.205. The highest BCUT2D eigenvalue weighted by molar-refractivity contribution is 5.70. The van der Waals surface area contributed by atoms with Crippen LogP contribution in [0.15, 0.2) is 12.3 Å². The van der Waals surface area contributed by atoms with Gasteiger partial charge in [-0.15, -0.1) is 0 Å². The number of nitrogens with two attached hydrogens (primary N) is 1. The lowest BCUT2D eigenvalue weighted by Gasteiger charge is -2.24. The smallest absolute Gasteiger partial charge is 0.153 e. The standard InChI is InChI=1S/C12H16N4O/c1-17-7-6-16(10-2-3-10)12-11(14)9(8-13)4-5-15-12/h4-5,10H,2-3,6-7,14H2,1H3. The van der Waals surface area contributed by atoms with E-state index in [4.69, 9.17) is 15.7 Å². The average Bonchev–Trinajstić information content (AvgIpc) is 3.16. The number of nitrogens with zero attached hydrogens (tertiary/aromatic N) is 3. The Labute approximate surface area is 101 Å². The van der Waals surface area contributed by atoms with Crippen molar-refractivity contribution in [2.75, 3.05) is 30.9 Å². The summed E-state index contributed by atoms with van der Waals surface area (Å²) in [5.74, 6) is 0.712. The fourth-order valence-electron chi connectivity index (χ4n) is 1.83. The van der Waals surface area contributed by atoms with Crippen LogP contribution in [0, 0.1) is 11.3 Å². The van der Waals surface area contributed by atoms with Crippen LogP contribution in [0.4, 0.5) is 11.5 Å². The topological polar surface area (TPSA) is 75.2 Å². The van der Waals surface area contributed by atoms with E-state index in [9.17, 15) is 0 Å². The molecule has 0 bridgehead atoms. The van der Waals surface area contributed by atoms with Crippen LogP contribution in [0.2, 0.25) is 0 Å². The first kappa shape index (κ1) is 11.7. The van der Waals surface area contributed by atoms with Gasteiger partial charge in [0.15, 0.2) is 5.82 Å². The molecular weight excluding hydrogens is 216 g/mol. The molecule has 1 aliphatic carbocycles. The molecule has 2 N–H and O–H groups in total. The number of hydrogen-bond acceptors (Lipinski definition) is 5. The summed E-state index contributed by atoms with van der Waals surface area (Å²) in [6.45, 7) is 1.39. The molecule has 17 heavy (non-hydrogen) atoms. The highest BCUT2D eigenvalue weighted by Gasteiger charge is 2.31. The van der Waals surface area contributed by atoms with Crippen LogP contribution in [0.5, 0.6) is 0 Å². The maximum Gasteiger partial charge on any atom is 0.153 e. The second-order valence-electron chi connectivity index (χ2n) is 4.12. The van der Waals surface area contributed by atoms with Gasteiger partial charge in [0, 0.05) is 25.9 Å². The normalized spacial score (nSPS) is 14.4. The van der Waals surface area contributed by atoms with Gasteiger partial charge in [0.2, 0.25) is 0 Å². The first-order chi connectivity index (χ1) is 8.27. The van der Waals surface area contributed by atoms with Crippen molar-refractivity contribution in [1.29, 1.82) is 5.26 Å². The lowest BCUT2D eigenvalue weighted by Crippen LogP contribution is -2.31. The third-order valence-electron chi connectivity index (χ3n) is 2.89. The highest BCUT2D eigenvalue weighted by atomic mass is 16.5. The lowest BCUT2D eigenvalue weighted by atomic mass is 10.2. The zero-order chi connectivity index (χ0) is 12.3. The predicted octanol–water partition coefficient (Wildman–Crippen LogP) is 1.15. The summed E-state index contributed by atoms with van der Waals surface area (Å²) in [5, 5.41) is 8.95. The molecule has 0 amide bonds. The largest absolute Gasteiger partial charge is 0.395 e. The fourth-order valence-corrected chi connectivity index (χ4v) is 1.83. The van der Waals surface area contributed by atoms with Crippen molar-refractivity contribution in [2.24, 2.45) is 0 Å². The minimum absolute atomic E-state index is 0.470. The molecule has 0 saturated heterocycles. The Bertz CT molecular complexity index is 437. The Hall–Kier alpha value is -1.80. The summed E-state index contributed by atoms with van der Waals surface area (Å²) in [6, 6.07) is 4.22. The molecule has 5 nitrogen and oxygen atoms in total. The molecule has 1 aliphatic rings. The number of hydrogen-bond donors (Lipinski definition) is 1. The number of ether oxygens (including phenoxy) is 1. The van der Waals surface area contributed by atoms with Crippen molar-refractivity contribution >= 4 is 11.5 Å². The number of anilines is 2. The molecule has 0 unspecified atom stereocenters. The molecule has 5 heteroatoms. The summed E-state index contributed by atoms with van der Waals surface area (Å²) in [5.41, 5.74) is 6.92. The van der Waals surface area contributed by atoms with E-state index in [1.807, 2.05) is 0 Å². The molecule has 2 rings (SSSR count). The van der Waals surface area contributed by atoms with E-state index < -0.39 is 0 Å². The summed E-state index contributed by atoms with van der Waals surface area (Å²) in [7, 11) is 1.67. The van der Waals surface area contributed by atoms with Crippen molar-refractivity contribution in [2.45, 2.75) is 18.9 Å². The van der Waals surface area contributed by atoms with Crippen LogP contribution in [-0.2, 0) is 4.74 Å². The van der Waals surface area contributed by atoms with E-state index in [0.29, 0.717) is 29.7 Å². The molecule has 0 aromatic carbocycles. The van der Waals surface area contributed by atoms with Gasteiger partial charge in [0.1, 0.15) is 6.07 Å². The van der Waals surface area contributed by atoms with Gasteiger partial charge in [0.05, 0.1) is 17.9 Å². The molecule has 0 aliphatic heterocycles. The van der Waals surface area contributed by atoms with E-state index in [2.05, 4.69) is 16.0 Å². The van der Waals surface area contributed by atoms with Crippen LogP contribution in [0.25, 0.3) is 0 Å². The van der Waals surface area contributed by atoms with Crippen molar-refractivity contribution in [3.63, 3.8) is 0 Å². The van der Waals surface area contributed by atoms with Gasteiger partial charge >= 0.3 is 0 Å². The van der Waals surface area contributed by atoms with Crippen LogP contribution in [0.3, 0.4) is 0 Å². The molecule has 1 aromatic rings. The number of pyridine rings is 1. The molecule has 0 atom stereocenters. The minimum atomic E-state index is 0.470. The molecule has 1 fully saturated rings. The number of methoxy groups -OCH3 is 1. The maximum atomic E-state index is 8.95. The molecular formula is C12H16N4O. The second-order valence-corrected chi connectivity index (χ2v) is 4.12. The van der Waals surface area contributed by atoms with Gasteiger partial charge in [-0.05, 0) is 18.9 Å². The number of nitriles is 1. The Kier molecular flexibility index (Phi) is 3.45. The molecule has 0 radical (unpaired) electrons. The Morgan fingerprint density at radius 2 is 2.41 bits per heavy atom. The van der Waals surface area contributed by atoms with Gasteiger partial charge in [-0.25, -0.2) is 4.98 Å². The summed E-state index contributed by atoms with van der Waals surface area (Å²) in [4.78, 5) is 6.43.